The first-order valence-corrected chi connectivity index (χ1v) is 13.6. The van der Waals surface area contributed by atoms with Gasteiger partial charge < -0.3 is 38.5 Å². The summed E-state index contributed by atoms with van der Waals surface area (Å²) in [4.78, 5) is 11.8. The van der Waals surface area contributed by atoms with E-state index in [-0.39, 0.29) is 29.9 Å². The summed E-state index contributed by atoms with van der Waals surface area (Å²) in [7, 11) is 6.54. The first-order valence-electron chi connectivity index (χ1n) is 13.6. The number of carbonyl (C=O) groups is 1. The second kappa shape index (κ2) is 25.7. The fraction of sp³-hybridized carbons (Fsp3) is 0.963. The van der Waals surface area contributed by atoms with Crippen molar-refractivity contribution < 1.29 is 38.0 Å². The van der Waals surface area contributed by atoms with Crippen LogP contribution in [0.5, 0.6) is 0 Å². The van der Waals surface area contributed by atoms with Crippen LogP contribution in [0.3, 0.4) is 0 Å². The highest BCUT2D eigenvalue weighted by Gasteiger charge is 2.06. The number of quaternary nitrogens is 1. The SMILES string of the molecule is CCCCCCCCCCCCCCCCOCCCCC(=O)NCCC[N+](C)(C)C.[I-]. The molecule has 0 rings (SSSR count). The number of unbranched alkanes of at least 4 members (excludes halogenated alkanes) is 14. The number of carbonyl (C=O) groups excluding carboxylic acids is 1. The van der Waals surface area contributed by atoms with Crippen molar-refractivity contribution in [3.05, 3.63) is 0 Å². The number of rotatable bonds is 24. The number of amides is 1. The number of hydrogen-bond acceptors (Lipinski definition) is 2. The lowest BCUT2D eigenvalue weighted by Gasteiger charge is -2.23. The van der Waals surface area contributed by atoms with Gasteiger partial charge in [-0.15, -0.1) is 0 Å². The molecule has 0 saturated carbocycles. The average Bonchev–Trinajstić information content (AvgIpc) is 2.72. The Labute approximate surface area is 218 Å². The molecule has 0 saturated heterocycles. The Morgan fingerprint density at radius 1 is 0.656 bits per heavy atom. The Balaban J connectivity index is 0. The zero-order chi connectivity index (χ0) is 23.0. The van der Waals surface area contributed by atoms with Gasteiger partial charge in [-0.25, -0.2) is 0 Å². The molecule has 0 aromatic heterocycles. The molecule has 0 fully saturated rings. The van der Waals surface area contributed by atoms with Gasteiger partial charge in [0.05, 0.1) is 27.7 Å². The summed E-state index contributed by atoms with van der Waals surface area (Å²) in [6.45, 7) is 5.85. The van der Waals surface area contributed by atoms with Crippen LogP contribution < -0.4 is 29.3 Å². The lowest BCUT2D eigenvalue weighted by Crippen LogP contribution is -3.00. The maximum Gasteiger partial charge on any atom is 0.219 e. The molecule has 0 aliphatic heterocycles. The summed E-state index contributed by atoms with van der Waals surface area (Å²) in [6.07, 6.45) is 23.1. The second-order valence-corrected chi connectivity index (χ2v) is 10.4. The van der Waals surface area contributed by atoms with Gasteiger partial charge in [0, 0.05) is 32.6 Å². The molecule has 0 aromatic carbocycles. The summed E-state index contributed by atoms with van der Waals surface area (Å²) in [5.41, 5.74) is 0. The lowest BCUT2D eigenvalue weighted by molar-refractivity contribution is -0.870. The van der Waals surface area contributed by atoms with Crippen molar-refractivity contribution in [1.29, 1.82) is 0 Å². The van der Waals surface area contributed by atoms with E-state index < -0.39 is 0 Å². The molecule has 1 amide bonds. The van der Waals surface area contributed by atoms with Crippen LogP contribution in [0, 0.1) is 0 Å². The van der Waals surface area contributed by atoms with E-state index in [1.165, 1.54) is 89.9 Å². The molecule has 1 N–H and O–H groups in total. The molecule has 0 atom stereocenters. The molecule has 194 valence electrons. The summed E-state index contributed by atoms with van der Waals surface area (Å²) < 4.78 is 6.68. The molecule has 0 spiro atoms. The normalized spacial score (nSPS) is 11.4. The standard InChI is InChI=1S/C27H56N2O2.HI/c1-5-6-7-8-9-10-11-12-13-14-15-16-17-19-25-31-26-20-18-22-27(30)28-23-21-24-29(2,3)4;/h5-26H2,1-4H3;1H. The van der Waals surface area contributed by atoms with Crippen molar-refractivity contribution in [3.63, 3.8) is 0 Å². The van der Waals surface area contributed by atoms with Gasteiger partial charge in [0.25, 0.3) is 0 Å². The van der Waals surface area contributed by atoms with Gasteiger partial charge in [0.2, 0.25) is 5.91 Å². The fourth-order valence-electron chi connectivity index (χ4n) is 3.86. The zero-order valence-corrected chi connectivity index (χ0v) is 24.4. The third kappa shape index (κ3) is 30.1. The largest absolute Gasteiger partial charge is 1.00 e. The summed E-state index contributed by atoms with van der Waals surface area (Å²) in [6, 6.07) is 0. The quantitative estimate of drug-likeness (QED) is 0.109. The van der Waals surface area contributed by atoms with Gasteiger partial charge in [-0.3, -0.25) is 4.79 Å². The third-order valence-corrected chi connectivity index (χ3v) is 5.91. The van der Waals surface area contributed by atoms with Crippen molar-refractivity contribution in [3.8, 4) is 0 Å². The van der Waals surface area contributed by atoms with Gasteiger partial charge >= 0.3 is 0 Å². The van der Waals surface area contributed by atoms with Gasteiger partial charge in [0.1, 0.15) is 0 Å². The molecule has 5 heteroatoms. The predicted molar refractivity (Wildman–Crippen MR) is 136 cm³/mol. The molecule has 0 aliphatic carbocycles. The van der Waals surface area contributed by atoms with Crippen LogP contribution in [0.2, 0.25) is 0 Å². The van der Waals surface area contributed by atoms with Crippen LogP contribution in [-0.4, -0.2) is 57.8 Å². The summed E-state index contributed by atoms with van der Waals surface area (Å²) in [5.74, 6) is 0.188. The van der Waals surface area contributed by atoms with E-state index in [0.717, 1.165) is 50.0 Å². The Bertz CT molecular complexity index is 386. The molecule has 32 heavy (non-hydrogen) atoms. The Morgan fingerprint density at radius 3 is 1.56 bits per heavy atom. The van der Waals surface area contributed by atoms with Crippen molar-refractivity contribution in [1.82, 2.24) is 5.32 Å². The average molecular weight is 569 g/mol. The lowest BCUT2D eigenvalue weighted by atomic mass is 10.0. The number of ether oxygens (including phenoxy) is 1. The molecule has 0 aromatic rings. The van der Waals surface area contributed by atoms with Gasteiger partial charge in [0.15, 0.2) is 0 Å². The van der Waals surface area contributed by atoms with Gasteiger partial charge in [-0.05, 0) is 19.3 Å². The first kappa shape index (κ1) is 34.3. The monoisotopic (exact) mass is 568 g/mol. The minimum Gasteiger partial charge on any atom is -1.00 e. The highest BCUT2D eigenvalue weighted by Crippen LogP contribution is 2.13. The number of hydrogen-bond donors (Lipinski definition) is 1. The fourth-order valence-corrected chi connectivity index (χ4v) is 3.86. The molecule has 0 unspecified atom stereocenters. The maximum absolute atomic E-state index is 11.8. The van der Waals surface area contributed by atoms with E-state index in [2.05, 4.69) is 33.4 Å². The maximum atomic E-state index is 11.8. The van der Waals surface area contributed by atoms with Crippen molar-refractivity contribution in [2.75, 3.05) is 47.4 Å². The second-order valence-electron chi connectivity index (χ2n) is 10.4. The third-order valence-electron chi connectivity index (χ3n) is 5.91. The van der Waals surface area contributed by atoms with E-state index >= 15 is 0 Å². The molecule has 0 radical (unpaired) electrons. The first-order chi connectivity index (χ1) is 15.0. The van der Waals surface area contributed by atoms with E-state index in [4.69, 9.17) is 4.74 Å². The van der Waals surface area contributed by atoms with Crippen molar-refractivity contribution in [2.45, 2.75) is 122 Å². The van der Waals surface area contributed by atoms with Crippen molar-refractivity contribution >= 4 is 5.91 Å². The Kier molecular flexibility index (Phi) is 27.6. The van der Waals surface area contributed by atoms with E-state index in [0.29, 0.717) is 6.42 Å². The topological polar surface area (TPSA) is 38.3 Å². The van der Waals surface area contributed by atoms with Crippen LogP contribution >= 0.6 is 0 Å². The molecule has 4 nitrogen and oxygen atoms in total. The molecule has 0 heterocycles. The van der Waals surface area contributed by atoms with Crippen LogP contribution in [0.15, 0.2) is 0 Å². The van der Waals surface area contributed by atoms with Gasteiger partial charge in [-0.1, -0.05) is 90.4 Å². The Hall–Kier alpha value is 0.120. The summed E-state index contributed by atoms with van der Waals surface area (Å²) in [5, 5.41) is 3.02. The highest BCUT2D eigenvalue weighted by atomic mass is 127. The van der Waals surface area contributed by atoms with Crippen LogP contribution in [0.1, 0.15) is 122 Å². The predicted octanol–water partition coefficient (Wildman–Crippen LogP) is 3.87. The summed E-state index contributed by atoms with van der Waals surface area (Å²) >= 11 is 0. The number of nitrogens with one attached hydrogen (secondary N) is 1. The minimum absolute atomic E-state index is 0. The van der Waals surface area contributed by atoms with Gasteiger partial charge in [-0.2, -0.15) is 0 Å². The number of nitrogens with zero attached hydrogens (tertiary/aromatic N) is 1. The van der Waals surface area contributed by atoms with Crippen LogP contribution in [0.4, 0.5) is 0 Å². The smallest absolute Gasteiger partial charge is 0.219 e. The highest BCUT2D eigenvalue weighted by molar-refractivity contribution is 5.75. The van der Waals surface area contributed by atoms with E-state index in [9.17, 15) is 4.79 Å². The molecule has 0 aliphatic rings. The van der Waals surface area contributed by atoms with Crippen LogP contribution in [-0.2, 0) is 9.53 Å². The van der Waals surface area contributed by atoms with E-state index in [1.807, 2.05) is 0 Å². The van der Waals surface area contributed by atoms with Crippen LogP contribution in [0.25, 0.3) is 0 Å². The molecule has 0 bridgehead atoms. The molecular weight excluding hydrogens is 511 g/mol. The van der Waals surface area contributed by atoms with E-state index in [1.54, 1.807) is 0 Å². The minimum atomic E-state index is 0. The Morgan fingerprint density at radius 2 is 1.09 bits per heavy atom. The zero-order valence-electron chi connectivity index (χ0n) is 22.2. The number of halogens is 1. The molecular formula is C27H57IN2O2. The van der Waals surface area contributed by atoms with Crippen molar-refractivity contribution in [2.24, 2.45) is 0 Å².